The van der Waals surface area contributed by atoms with Gasteiger partial charge < -0.3 is 0 Å². The Labute approximate surface area is 133 Å². The molecule has 2 aromatic rings. The molecule has 21 heavy (non-hydrogen) atoms. The molecule has 0 spiro atoms. The number of nitrogens with zero attached hydrogens (tertiary/aromatic N) is 1. The molecule has 1 unspecified atom stereocenters. The predicted molar refractivity (Wildman–Crippen MR) is 85.1 cm³/mol. The fraction of sp³-hybridized carbons (Fsp3) is 0.176. The average Bonchev–Trinajstić information content (AvgIpc) is 2.45. The average molecular weight is 318 g/mol. The zero-order valence-corrected chi connectivity index (χ0v) is 13.2. The molecular weight excluding hydrogens is 305 g/mol. The number of hydrogen-bond acceptors (Lipinski definition) is 2. The monoisotopic (exact) mass is 317 g/mol. The number of aryl methyl sites for hydroxylation is 2. The molecule has 0 aromatic heterocycles. The Hall–Kier alpha value is -1.82. The predicted octanol–water partition coefficient (Wildman–Crippen LogP) is 5.10. The molecule has 106 valence electrons. The van der Waals surface area contributed by atoms with Crippen LogP contribution in [0.1, 0.15) is 33.0 Å². The maximum Gasteiger partial charge on any atom is 0.184 e. The van der Waals surface area contributed by atoms with Crippen molar-refractivity contribution in [3.63, 3.8) is 0 Å². The summed E-state index contributed by atoms with van der Waals surface area (Å²) in [5.74, 6) is -1.30. The van der Waals surface area contributed by atoms with Gasteiger partial charge in [0, 0.05) is 21.2 Å². The topological polar surface area (TPSA) is 40.9 Å². The van der Waals surface area contributed by atoms with Gasteiger partial charge in [0.1, 0.15) is 5.92 Å². The van der Waals surface area contributed by atoms with Crippen LogP contribution >= 0.6 is 23.2 Å². The molecule has 2 rings (SSSR count). The number of ketones is 1. The van der Waals surface area contributed by atoms with Crippen molar-refractivity contribution in [1.82, 2.24) is 0 Å². The maximum absolute atomic E-state index is 12.6. The molecule has 0 fully saturated rings. The SMILES string of the molecule is Cc1ccc(C(=O)C(C#N)c2c(Cl)cccc2Cl)cc1C. The van der Waals surface area contributed by atoms with Crippen LogP contribution in [0.2, 0.25) is 10.0 Å². The van der Waals surface area contributed by atoms with Crippen LogP contribution in [0.5, 0.6) is 0 Å². The number of hydrogen-bond donors (Lipinski definition) is 0. The van der Waals surface area contributed by atoms with Crippen molar-refractivity contribution in [3.05, 3.63) is 68.7 Å². The Morgan fingerprint density at radius 3 is 2.24 bits per heavy atom. The lowest BCUT2D eigenvalue weighted by molar-refractivity contribution is 0.0979. The highest BCUT2D eigenvalue weighted by Gasteiger charge is 2.26. The highest BCUT2D eigenvalue weighted by Crippen LogP contribution is 2.33. The number of carbonyl (C=O) groups excluding carboxylic acids is 1. The van der Waals surface area contributed by atoms with E-state index >= 15 is 0 Å². The number of Topliss-reactive ketones (excluding diaryl/α,β-unsaturated/α-hetero) is 1. The van der Waals surface area contributed by atoms with Crippen molar-refractivity contribution < 1.29 is 4.79 Å². The van der Waals surface area contributed by atoms with Gasteiger partial charge in [0.2, 0.25) is 0 Å². The van der Waals surface area contributed by atoms with E-state index in [-0.39, 0.29) is 5.78 Å². The summed E-state index contributed by atoms with van der Waals surface area (Å²) >= 11 is 12.2. The maximum atomic E-state index is 12.6. The lowest BCUT2D eigenvalue weighted by atomic mass is 9.90. The molecule has 1 atom stereocenters. The van der Waals surface area contributed by atoms with Crippen molar-refractivity contribution in [2.75, 3.05) is 0 Å². The summed E-state index contributed by atoms with van der Waals surface area (Å²) < 4.78 is 0. The van der Waals surface area contributed by atoms with Crippen molar-refractivity contribution in [2.45, 2.75) is 19.8 Å². The van der Waals surface area contributed by atoms with Crippen molar-refractivity contribution in [2.24, 2.45) is 0 Å². The molecule has 0 N–H and O–H groups in total. The third kappa shape index (κ3) is 3.10. The molecule has 0 saturated carbocycles. The molecule has 0 radical (unpaired) electrons. The second-order valence-electron chi connectivity index (χ2n) is 4.86. The summed E-state index contributed by atoms with van der Waals surface area (Å²) in [6, 6.07) is 12.3. The molecular formula is C17H13Cl2NO. The lowest BCUT2D eigenvalue weighted by Crippen LogP contribution is -2.12. The van der Waals surface area contributed by atoms with Gasteiger partial charge in [0.05, 0.1) is 6.07 Å². The number of carbonyl (C=O) groups is 1. The van der Waals surface area contributed by atoms with E-state index < -0.39 is 5.92 Å². The highest BCUT2D eigenvalue weighted by atomic mass is 35.5. The minimum atomic E-state index is -1.01. The first kappa shape index (κ1) is 15.6. The number of benzene rings is 2. The summed E-state index contributed by atoms with van der Waals surface area (Å²) in [5.41, 5.74) is 2.95. The Kier molecular flexibility index (Phi) is 4.67. The van der Waals surface area contributed by atoms with Crippen LogP contribution in [0.4, 0.5) is 0 Å². The third-order valence-corrected chi connectivity index (χ3v) is 4.13. The van der Waals surface area contributed by atoms with E-state index in [4.69, 9.17) is 23.2 Å². The first-order valence-corrected chi connectivity index (χ1v) is 7.16. The van der Waals surface area contributed by atoms with Gasteiger partial charge in [-0.15, -0.1) is 0 Å². The van der Waals surface area contributed by atoms with Gasteiger partial charge >= 0.3 is 0 Å². The number of rotatable bonds is 3. The van der Waals surface area contributed by atoms with Gasteiger partial charge in [0.25, 0.3) is 0 Å². The normalized spacial score (nSPS) is 11.8. The second-order valence-corrected chi connectivity index (χ2v) is 5.68. The zero-order chi connectivity index (χ0) is 15.6. The van der Waals surface area contributed by atoms with Crippen molar-refractivity contribution >= 4 is 29.0 Å². The van der Waals surface area contributed by atoms with E-state index in [0.717, 1.165) is 11.1 Å². The van der Waals surface area contributed by atoms with Gasteiger partial charge in [-0.1, -0.05) is 41.4 Å². The molecule has 2 aromatic carbocycles. The van der Waals surface area contributed by atoms with E-state index in [2.05, 4.69) is 0 Å². The first-order valence-electron chi connectivity index (χ1n) is 6.40. The largest absolute Gasteiger partial charge is 0.292 e. The molecule has 0 aliphatic carbocycles. The summed E-state index contributed by atoms with van der Waals surface area (Å²) in [7, 11) is 0. The molecule has 0 heterocycles. The van der Waals surface area contributed by atoms with E-state index in [0.29, 0.717) is 21.2 Å². The van der Waals surface area contributed by atoms with Crippen molar-refractivity contribution in [1.29, 1.82) is 5.26 Å². The van der Waals surface area contributed by atoms with Gasteiger partial charge in [0.15, 0.2) is 5.78 Å². The van der Waals surface area contributed by atoms with E-state index in [1.807, 2.05) is 26.0 Å². The quantitative estimate of drug-likeness (QED) is 0.739. The summed E-state index contributed by atoms with van der Waals surface area (Å²) in [5, 5.41) is 10.0. The van der Waals surface area contributed by atoms with Gasteiger partial charge in [-0.05, 0) is 43.2 Å². The van der Waals surface area contributed by atoms with E-state index in [1.165, 1.54) is 0 Å². The molecule has 4 heteroatoms. The van der Waals surface area contributed by atoms with Crippen LogP contribution in [0, 0.1) is 25.2 Å². The molecule has 0 aliphatic rings. The van der Waals surface area contributed by atoms with Gasteiger partial charge in [-0.3, -0.25) is 4.79 Å². The Balaban J connectivity index is 2.49. The summed E-state index contributed by atoms with van der Waals surface area (Å²) in [4.78, 5) is 12.6. The summed E-state index contributed by atoms with van der Waals surface area (Å²) in [6.45, 7) is 3.90. The van der Waals surface area contributed by atoms with E-state index in [1.54, 1.807) is 30.3 Å². The zero-order valence-electron chi connectivity index (χ0n) is 11.7. The molecule has 2 nitrogen and oxygen atoms in total. The fourth-order valence-electron chi connectivity index (χ4n) is 2.10. The Morgan fingerprint density at radius 1 is 1.10 bits per heavy atom. The number of nitriles is 1. The molecule has 0 aliphatic heterocycles. The van der Waals surface area contributed by atoms with Crippen LogP contribution in [0.15, 0.2) is 36.4 Å². The Bertz CT molecular complexity index is 727. The van der Waals surface area contributed by atoms with Crippen LogP contribution in [0.25, 0.3) is 0 Å². The third-order valence-electron chi connectivity index (χ3n) is 3.47. The van der Waals surface area contributed by atoms with E-state index in [9.17, 15) is 10.1 Å². The van der Waals surface area contributed by atoms with Crippen LogP contribution < -0.4 is 0 Å². The van der Waals surface area contributed by atoms with Crippen LogP contribution in [0.3, 0.4) is 0 Å². The van der Waals surface area contributed by atoms with Crippen molar-refractivity contribution in [3.8, 4) is 6.07 Å². The van der Waals surface area contributed by atoms with Crippen LogP contribution in [-0.4, -0.2) is 5.78 Å². The second kappa shape index (κ2) is 6.30. The minimum absolute atomic E-state index is 0.296. The lowest BCUT2D eigenvalue weighted by Gasteiger charge is -2.13. The Morgan fingerprint density at radius 2 is 1.71 bits per heavy atom. The minimum Gasteiger partial charge on any atom is -0.292 e. The number of halogens is 2. The highest BCUT2D eigenvalue weighted by molar-refractivity contribution is 6.36. The molecule has 0 bridgehead atoms. The summed E-state index contributed by atoms with van der Waals surface area (Å²) in [6.07, 6.45) is 0. The van der Waals surface area contributed by atoms with Gasteiger partial charge in [-0.2, -0.15) is 5.26 Å². The smallest absolute Gasteiger partial charge is 0.184 e. The standard InChI is InChI=1S/C17H13Cl2NO/c1-10-6-7-12(8-11(10)2)17(21)13(9-20)16-14(18)4-3-5-15(16)19/h3-8,13H,1-2H3. The fourth-order valence-corrected chi connectivity index (χ4v) is 2.72. The van der Waals surface area contributed by atoms with Gasteiger partial charge in [-0.25, -0.2) is 0 Å². The molecule has 0 amide bonds. The first-order chi connectivity index (χ1) is 9.95. The van der Waals surface area contributed by atoms with Crippen LogP contribution in [-0.2, 0) is 0 Å². The molecule has 0 saturated heterocycles.